The van der Waals surface area contributed by atoms with Gasteiger partial charge in [-0.2, -0.15) is 0 Å². The van der Waals surface area contributed by atoms with E-state index in [1.807, 2.05) is 0 Å². The first-order valence-electron chi connectivity index (χ1n) is 13.2. The summed E-state index contributed by atoms with van der Waals surface area (Å²) in [4.78, 5) is 14.0. The number of Topliss-reactive ketones (excluding diaryl/α,β-unsaturated/α-hetero) is 1. The highest BCUT2D eigenvalue weighted by molar-refractivity contribution is 5.87. The number of fused-ring (bicyclic) bond motifs is 7. The molecule has 174 valence electrons. The molecule has 6 aliphatic rings. The van der Waals surface area contributed by atoms with Crippen LogP contribution >= 0.6 is 0 Å². The molecule has 31 heavy (non-hydrogen) atoms. The van der Waals surface area contributed by atoms with Crippen LogP contribution in [0.4, 0.5) is 0 Å². The molecule has 1 N–H and O–H groups in total. The van der Waals surface area contributed by atoms with Gasteiger partial charge in [0.05, 0.1) is 18.8 Å². The number of ketones is 1. The molecule has 12 atom stereocenters. The fourth-order valence-corrected chi connectivity index (χ4v) is 9.93. The Morgan fingerprint density at radius 2 is 1.81 bits per heavy atom. The lowest BCUT2D eigenvalue weighted by atomic mass is 9.44. The second-order valence-electron chi connectivity index (χ2n) is 13.0. The minimum Gasteiger partial charge on any atom is -0.393 e. The van der Waals surface area contributed by atoms with E-state index in [9.17, 15) is 9.90 Å². The fourth-order valence-electron chi connectivity index (χ4n) is 9.93. The Morgan fingerprint density at radius 1 is 1.00 bits per heavy atom. The topological polar surface area (TPSA) is 55.8 Å². The van der Waals surface area contributed by atoms with Crippen molar-refractivity contribution in [2.45, 2.75) is 103 Å². The van der Waals surface area contributed by atoms with Gasteiger partial charge in [0, 0.05) is 30.1 Å². The van der Waals surface area contributed by atoms with Crippen LogP contribution in [0.2, 0.25) is 0 Å². The van der Waals surface area contributed by atoms with Gasteiger partial charge in [-0.1, -0.05) is 27.7 Å². The van der Waals surface area contributed by atoms with E-state index < -0.39 is 5.79 Å². The smallest absolute Gasteiger partial charge is 0.171 e. The maximum absolute atomic E-state index is 14.0. The standard InChI is InChI=1S/C27H42O4/c1-15-7-10-27(30-14-15)16(2)24-22(31-27)12-21-19-6-5-17-11-18(28)8-9-25(17,3)20(19)13-23(29)26(21,24)4/h15-22,24,28H,5-14H2,1-4H3/t15-,16+,17+,18+,19-,20+,21+,22-,24+,25+,26-,27-/m1/s1. The van der Waals surface area contributed by atoms with Gasteiger partial charge < -0.3 is 14.6 Å². The lowest BCUT2D eigenvalue weighted by molar-refractivity contribution is -0.272. The second kappa shape index (κ2) is 6.79. The number of rotatable bonds is 0. The van der Waals surface area contributed by atoms with Gasteiger partial charge in [0.1, 0.15) is 5.78 Å². The van der Waals surface area contributed by atoms with E-state index in [0.29, 0.717) is 41.3 Å². The van der Waals surface area contributed by atoms with Crippen LogP contribution in [-0.4, -0.2) is 35.5 Å². The number of carbonyl (C=O) groups is 1. The molecule has 0 unspecified atom stereocenters. The van der Waals surface area contributed by atoms with Crippen LogP contribution in [0.15, 0.2) is 0 Å². The van der Waals surface area contributed by atoms with Crippen molar-refractivity contribution in [3.8, 4) is 0 Å². The summed E-state index contributed by atoms with van der Waals surface area (Å²) in [6.45, 7) is 10.1. The first-order chi connectivity index (χ1) is 14.7. The Kier molecular flexibility index (Phi) is 4.62. The molecule has 0 aromatic rings. The van der Waals surface area contributed by atoms with E-state index in [4.69, 9.17) is 9.47 Å². The summed E-state index contributed by atoms with van der Waals surface area (Å²) in [5.41, 5.74) is -0.0221. The highest BCUT2D eigenvalue weighted by Gasteiger charge is 2.71. The Bertz CT molecular complexity index is 756. The number of carbonyl (C=O) groups excluding carboxylic acids is 1. The van der Waals surface area contributed by atoms with E-state index in [-0.39, 0.29) is 29.0 Å². The fraction of sp³-hybridized carbons (Fsp3) is 0.963. The van der Waals surface area contributed by atoms with E-state index in [2.05, 4.69) is 27.7 Å². The van der Waals surface area contributed by atoms with Gasteiger partial charge in [-0.3, -0.25) is 4.79 Å². The summed E-state index contributed by atoms with van der Waals surface area (Å²) < 4.78 is 13.2. The van der Waals surface area contributed by atoms with Crippen LogP contribution in [0.1, 0.15) is 85.5 Å². The minimum absolute atomic E-state index is 0.131. The number of hydrogen-bond acceptors (Lipinski definition) is 4. The van der Waals surface area contributed by atoms with Crippen LogP contribution in [0.5, 0.6) is 0 Å². The Balaban J connectivity index is 1.30. The van der Waals surface area contributed by atoms with Crippen molar-refractivity contribution in [2.75, 3.05) is 6.61 Å². The van der Waals surface area contributed by atoms with Crippen LogP contribution < -0.4 is 0 Å². The van der Waals surface area contributed by atoms with Gasteiger partial charge >= 0.3 is 0 Å². The summed E-state index contributed by atoms with van der Waals surface area (Å²) in [5.74, 6) is 3.45. The van der Waals surface area contributed by atoms with Crippen molar-refractivity contribution in [2.24, 2.45) is 52.3 Å². The molecule has 4 saturated carbocycles. The van der Waals surface area contributed by atoms with Gasteiger partial charge in [0.15, 0.2) is 5.79 Å². The van der Waals surface area contributed by atoms with Crippen molar-refractivity contribution < 1.29 is 19.4 Å². The monoisotopic (exact) mass is 430 g/mol. The molecule has 0 aromatic carbocycles. The number of ether oxygens (including phenoxy) is 2. The van der Waals surface area contributed by atoms with Crippen LogP contribution in [0, 0.1) is 52.3 Å². The van der Waals surface area contributed by atoms with Crippen molar-refractivity contribution in [1.82, 2.24) is 0 Å². The molecule has 0 amide bonds. The van der Waals surface area contributed by atoms with Crippen LogP contribution in [0.3, 0.4) is 0 Å². The number of aliphatic hydroxyl groups excluding tert-OH is 1. The average molecular weight is 431 g/mol. The highest BCUT2D eigenvalue weighted by Crippen LogP contribution is 2.70. The number of hydrogen-bond donors (Lipinski definition) is 1. The molecule has 0 aromatic heterocycles. The van der Waals surface area contributed by atoms with Crippen molar-refractivity contribution in [3.63, 3.8) is 0 Å². The van der Waals surface area contributed by atoms with Crippen LogP contribution in [0.25, 0.3) is 0 Å². The zero-order valence-corrected chi connectivity index (χ0v) is 19.9. The molecule has 4 aliphatic carbocycles. The van der Waals surface area contributed by atoms with E-state index >= 15 is 0 Å². The summed E-state index contributed by atoms with van der Waals surface area (Å²) in [6, 6.07) is 0. The number of aliphatic hydroxyl groups is 1. The Hall–Kier alpha value is -0.450. The molecule has 0 radical (unpaired) electrons. The molecular formula is C27H42O4. The van der Waals surface area contributed by atoms with Crippen LogP contribution in [-0.2, 0) is 14.3 Å². The molecule has 6 rings (SSSR count). The van der Waals surface area contributed by atoms with Gasteiger partial charge in [0.25, 0.3) is 0 Å². The van der Waals surface area contributed by atoms with Gasteiger partial charge in [0.2, 0.25) is 0 Å². The van der Waals surface area contributed by atoms with Crippen molar-refractivity contribution in [3.05, 3.63) is 0 Å². The lowest BCUT2D eigenvalue weighted by Gasteiger charge is -2.60. The molecule has 1 spiro atoms. The maximum Gasteiger partial charge on any atom is 0.171 e. The second-order valence-corrected chi connectivity index (χ2v) is 13.0. The summed E-state index contributed by atoms with van der Waals surface area (Å²) >= 11 is 0. The average Bonchev–Trinajstić information content (AvgIpc) is 3.18. The summed E-state index contributed by atoms with van der Waals surface area (Å²) in [6.07, 6.45) is 9.39. The predicted octanol–water partition coefficient (Wildman–Crippen LogP) is 4.97. The third-order valence-electron chi connectivity index (χ3n) is 11.8. The van der Waals surface area contributed by atoms with Gasteiger partial charge in [-0.15, -0.1) is 0 Å². The van der Waals surface area contributed by atoms with Gasteiger partial charge in [-0.05, 0) is 80.0 Å². The molecular weight excluding hydrogens is 388 g/mol. The zero-order chi connectivity index (χ0) is 21.8. The molecule has 2 saturated heterocycles. The minimum atomic E-state index is -0.448. The molecule has 0 bridgehead atoms. The molecule has 6 fully saturated rings. The first kappa shape index (κ1) is 21.1. The lowest BCUT2D eigenvalue weighted by Crippen LogP contribution is -2.58. The zero-order valence-electron chi connectivity index (χ0n) is 19.9. The summed E-state index contributed by atoms with van der Waals surface area (Å²) in [7, 11) is 0. The third-order valence-corrected chi connectivity index (χ3v) is 11.8. The van der Waals surface area contributed by atoms with Gasteiger partial charge in [-0.25, -0.2) is 0 Å². The first-order valence-corrected chi connectivity index (χ1v) is 13.2. The normalized spacial score (nSPS) is 60.9. The molecule has 4 nitrogen and oxygen atoms in total. The molecule has 2 aliphatic heterocycles. The Labute approximate surface area is 187 Å². The third kappa shape index (κ3) is 2.68. The molecule has 4 heteroatoms. The summed E-state index contributed by atoms with van der Waals surface area (Å²) in [5, 5.41) is 10.3. The molecule has 2 heterocycles. The maximum atomic E-state index is 14.0. The largest absolute Gasteiger partial charge is 0.393 e. The SMILES string of the molecule is C[C@@H]1CC[C@@]2(OC1)O[C@@H]1C[C@H]3[C@@H]4CC[C@H]5C[C@@H](O)CC[C@]5(C)[C@H]4CC(=O)[C@]3(C)[C@H]1[C@@H]2C. The van der Waals surface area contributed by atoms with Crippen molar-refractivity contribution in [1.29, 1.82) is 0 Å². The van der Waals surface area contributed by atoms with E-state index in [1.54, 1.807) is 0 Å². The van der Waals surface area contributed by atoms with E-state index in [1.165, 1.54) is 12.8 Å². The van der Waals surface area contributed by atoms with Crippen molar-refractivity contribution >= 4 is 5.78 Å². The Morgan fingerprint density at radius 3 is 2.55 bits per heavy atom. The predicted molar refractivity (Wildman–Crippen MR) is 118 cm³/mol. The van der Waals surface area contributed by atoms with E-state index in [0.717, 1.165) is 51.6 Å². The highest BCUT2D eigenvalue weighted by atomic mass is 16.7. The quantitative estimate of drug-likeness (QED) is 0.589.